The van der Waals surface area contributed by atoms with E-state index < -0.39 is 65.9 Å². The van der Waals surface area contributed by atoms with E-state index >= 15 is 0 Å². The van der Waals surface area contributed by atoms with Crippen molar-refractivity contribution < 1.29 is 38.9 Å². The molecule has 5 N–H and O–H groups in total. The molecule has 5 atom stereocenters. The molecule has 3 amide bonds. The van der Waals surface area contributed by atoms with Crippen molar-refractivity contribution >= 4 is 52.3 Å². The molecule has 0 bridgehead atoms. The van der Waals surface area contributed by atoms with Gasteiger partial charge in [0.05, 0.1) is 18.6 Å². The Hall–Kier alpha value is -1.96. The second-order valence-corrected chi connectivity index (χ2v) is 12.9. The molecule has 11 nitrogen and oxygen atoms in total. The van der Waals surface area contributed by atoms with Crippen molar-refractivity contribution in [2.45, 2.75) is 127 Å². The summed E-state index contributed by atoms with van der Waals surface area (Å²) in [7, 11) is 0. The summed E-state index contributed by atoms with van der Waals surface area (Å²) >= 11 is 2.02. The lowest BCUT2D eigenvalue weighted by Gasteiger charge is -2.29. The van der Waals surface area contributed by atoms with Crippen LogP contribution in [0.1, 0.15) is 93.4 Å². The second kappa shape index (κ2) is 17.6. The van der Waals surface area contributed by atoms with E-state index in [1.165, 1.54) is 0 Å². The minimum atomic E-state index is -1.28. The topological polar surface area (TPSA) is 171 Å². The van der Waals surface area contributed by atoms with Gasteiger partial charge >= 0.3 is 11.9 Å². The molecule has 0 unspecified atom stereocenters. The molecule has 220 valence electrons. The van der Waals surface area contributed by atoms with E-state index in [0.717, 1.165) is 0 Å². The Kier molecular flexibility index (Phi) is 16.7. The standard InChI is InChI=1S/C26H46IN3O8/c1-8-10-17(24(36)29-18(13-15(2)3)19(31)14-21(33)34)28-25(37)23(16(4)27)30-20(32)11-9-12-22(35)38-26(5,6)7/h15-19,23,31H,8-14H2,1-7H3,(H,28,37)(H,29,36)(H,30,32)(H,33,34)/t16-,17-,18-,19-,23-/m0/s1. The number of alkyl halides is 1. The molecule has 0 aromatic carbocycles. The van der Waals surface area contributed by atoms with E-state index in [9.17, 15) is 29.1 Å². The number of hydrogen-bond donors (Lipinski definition) is 5. The normalized spacial score (nSPS) is 15.5. The third-order valence-electron chi connectivity index (χ3n) is 5.37. The van der Waals surface area contributed by atoms with Crippen molar-refractivity contribution in [3.05, 3.63) is 0 Å². The minimum absolute atomic E-state index is 0.0314. The van der Waals surface area contributed by atoms with Crippen LogP contribution in [0.3, 0.4) is 0 Å². The number of carbonyl (C=O) groups is 5. The molecule has 0 aliphatic carbocycles. The Morgan fingerprint density at radius 3 is 2.03 bits per heavy atom. The highest BCUT2D eigenvalue weighted by molar-refractivity contribution is 14.1. The van der Waals surface area contributed by atoms with Gasteiger partial charge in [0.25, 0.3) is 0 Å². The smallest absolute Gasteiger partial charge is 0.306 e. The first-order valence-electron chi connectivity index (χ1n) is 13.1. The van der Waals surface area contributed by atoms with E-state index in [4.69, 9.17) is 9.84 Å². The van der Waals surface area contributed by atoms with Gasteiger partial charge in [0.2, 0.25) is 17.7 Å². The number of carboxylic acids is 1. The lowest BCUT2D eigenvalue weighted by atomic mass is 9.96. The van der Waals surface area contributed by atoms with Crippen LogP contribution in [0.5, 0.6) is 0 Å². The fourth-order valence-corrected chi connectivity index (χ4v) is 4.17. The highest BCUT2D eigenvalue weighted by Crippen LogP contribution is 2.14. The third-order valence-corrected chi connectivity index (χ3v) is 6.09. The molecule has 0 saturated heterocycles. The van der Waals surface area contributed by atoms with Gasteiger partial charge in [-0.1, -0.05) is 56.7 Å². The van der Waals surface area contributed by atoms with Crippen LogP contribution in [0.4, 0.5) is 0 Å². The van der Waals surface area contributed by atoms with E-state index in [1.54, 1.807) is 27.7 Å². The number of aliphatic carboxylic acids is 1. The lowest BCUT2D eigenvalue weighted by Crippen LogP contribution is -2.57. The van der Waals surface area contributed by atoms with Crippen LogP contribution in [0, 0.1) is 5.92 Å². The van der Waals surface area contributed by atoms with Crippen molar-refractivity contribution in [2.75, 3.05) is 0 Å². The summed E-state index contributed by atoms with van der Waals surface area (Å²) in [5.74, 6) is -2.97. The summed E-state index contributed by atoms with van der Waals surface area (Å²) in [4.78, 5) is 61.5. The van der Waals surface area contributed by atoms with Crippen LogP contribution in [-0.4, -0.2) is 73.6 Å². The molecule has 0 aromatic rings. The van der Waals surface area contributed by atoms with Crippen LogP contribution < -0.4 is 16.0 Å². The van der Waals surface area contributed by atoms with Gasteiger partial charge in [0.1, 0.15) is 17.7 Å². The number of halogens is 1. The van der Waals surface area contributed by atoms with E-state index in [-0.39, 0.29) is 29.1 Å². The maximum absolute atomic E-state index is 13.1. The van der Waals surface area contributed by atoms with E-state index in [0.29, 0.717) is 19.3 Å². The largest absolute Gasteiger partial charge is 0.481 e. The Labute approximate surface area is 239 Å². The van der Waals surface area contributed by atoms with Crippen molar-refractivity contribution in [2.24, 2.45) is 5.92 Å². The maximum Gasteiger partial charge on any atom is 0.306 e. The first-order valence-corrected chi connectivity index (χ1v) is 14.4. The summed E-state index contributed by atoms with van der Waals surface area (Å²) in [5, 5.41) is 27.5. The molecular weight excluding hydrogens is 609 g/mol. The van der Waals surface area contributed by atoms with Crippen molar-refractivity contribution in [1.82, 2.24) is 16.0 Å². The summed E-state index contributed by atoms with van der Waals surface area (Å²) in [6.45, 7) is 12.7. The van der Waals surface area contributed by atoms with Gasteiger partial charge in [0.15, 0.2) is 0 Å². The quantitative estimate of drug-likeness (QED) is 0.0904. The average molecular weight is 656 g/mol. The Bertz CT molecular complexity index is 798. The number of carboxylic acid groups (broad SMARTS) is 1. The van der Waals surface area contributed by atoms with Crippen LogP contribution in [0.2, 0.25) is 0 Å². The highest BCUT2D eigenvalue weighted by atomic mass is 127. The summed E-state index contributed by atoms with van der Waals surface area (Å²) in [6, 6.07) is -2.64. The summed E-state index contributed by atoms with van der Waals surface area (Å²) in [6.07, 6.45) is -0.175. The van der Waals surface area contributed by atoms with Gasteiger partial charge in [-0.15, -0.1) is 0 Å². The van der Waals surface area contributed by atoms with Crippen molar-refractivity contribution in [3.63, 3.8) is 0 Å². The first kappa shape index (κ1) is 36.0. The molecule has 12 heteroatoms. The van der Waals surface area contributed by atoms with Gasteiger partial charge in [-0.25, -0.2) is 0 Å². The van der Waals surface area contributed by atoms with Crippen LogP contribution >= 0.6 is 22.6 Å². The molecule has 0 aliphatic rings. The molecule has 0 fully saturated rings. The zero-order valence-corrected chi connectivity index (χ0v) is 25.8. The van der Waals surface area contributed by atoms with E-state index in [2.05, 4.69) is 16.0 Å². The fraction of sp³-hybridized carbons (Fsp3) is 0.808. The van der Waals surface area contributed by atoms with Gasteiger partial charge < -0.3 is 30.9 Å². The zero-order valence-electron chi connectivity index (χ0n) is 23.6. The number of aliphatic hydroxyl groups excluding tert-OH is 1. The molecule has 38 heavy (non-hydrogen) atoms. The number of amides is 3. The second-order valence-electron chi connectivity index (χ2n) is 10.9. The van der Waals surface area contributed by atoms with Crippen LogP contribution in [0.15, 0.2) is 0 Å². The Morgan fingerprint density at radius 2 is 1.55 bits per heavy atom. The number of esters is 1. The fourth-order valence-electron chi connectivity index (χ4n) is 3.66. The Balaban J connectivity index is 5.23. The highest BCUT2D eigenvalue weighted by Gasteiger charge is 2.31. The molecule has 0 heterocycles. The molecule has 0 rings (SSSR count). The average Bonchev–Trinajstić information content (AvgIpc) is 2.74. The number of ether oxygens (including phenoxy) is 1. The molecule has 0 saturated carbocycles. The maximum atomic E-state index is 13.1. The summed E-state index contributed by atoms with van der Waals surface area (Å²) < 4.78 is 4.92. The monoisotopic (exact) mass is 655 g/mol. The molecule has 0 radical (unpaired) electrons. The predicted molar refractivity (Wildman–Crippen MR) is 152 cm³/mol. The molecule has 0 aromatic heterocycles. The first-order chi connectivity index (χ1) is 17.5. The van der Waals surface area contributed by atoms with Gasteiger partial charge in [-0.05, 0) is 46.0 Å². The minimum Gasteiger partial charge on any atom is -0.481 e. The van der Waals surface area contributed by atoms with Gasteiger partial charge in [-0.2, -0.15) is 0 Å². The SMILES string of the molecule is CCC[C@H](NC(=O)[C@@H](NC(=O)CCCC(=O)OC(C)(C)C)[C@H](C)I)C(=O)N[C@@H](CC(C)C)[C@@H](O)CC(=O)O. The lowest BCUT2D eigenvalue weighted by molar-refractivity contribution is -0.155. The third kappa shape index (κ3) is 16.1. The number of rotatable bonds is 17. The summed E-state index contributed by atoms with van der Waals surface area (Å²) in [5.41, 5.74) is -0.607. The molecule has 0 spiro atoms. The van der Waals surface area contributed by atoms with Crippen LogP contribution in [-0.2, 0) is 28.7 Å². The van der Waals surface area contributed by atoms with Gasteiger partial charge in [0, 0.05) is 16.8 Å². The Morgan fingerprint density at radius 1 is 0.947 bits per heavy atom. The number of nitrogens with one attached hydrogen (secondary N) is 3. The predicted octanol–water partition coefficient (Wildman–Crippen LogP) is 2.46. The van der Waals surface area contributed by atoms with Gasteiger partial charge in [-0.3, -0.25) is 24.0 Å². The van der Waals surface area contributed by atoms with Crippen molar-refractivity contribution in [1.29, 1.82) is 0 Å². The zero-order chi connectivity index (χ0) is 29.6. The van der Waals surface area contributed by atoms with Crippen molar-refractivity contribution in [3.8, 4) is 0 Å². The van der Waals surface area contributed by atoms with Crippen LogP contribution in [0.25, 0.3) is 0 Å². The molecule has 0 aliphatic heterocycles. The molecular formula is C26H46IN3O8. The van der Waals surface area contributed by atoms with E-state index in [1.807, 2.05) is 43.4 Å². The number of aliphatic hydroxyl groups is 1. The number of carbonyl (C=O) groups excluding carboxylic acids is 4. The number of hydrogen-bond acceptors (Lipinski definition) is 7.